The molecule has 0 fully saturated rings. The summed E-state index contributed by atoms with van der Waals surface area (Å²) in [5, 5.41) is 2.42. The number of hydrogen-bond donors (Lipinski definition) is 1. The molecular weight excluding hydrogens is 323 g/mol. The predicted octanol–water partition coefficient (Wildman–Crippen LogP) is 3.64. The van der Waals surface area contributed by atoms with Crippen molar-refractivity contribution in [2.24, 2.45) is 5.92 Å². The van der Waals surface area contributed by atoms with Gasteiger partial charge in [-0.25, -0.2) is 13.2 Å². The first-order chi connectivity index (χ1) is 8.81. The highest BCUT2D eigenvalue weighted by atomic mass is 79.9. The van der Waals surface area contributed by atoms with Crippen LogP contribution in [0.3, 0.4) is 0 Å². The average Bonchev–Trinajstić information content (AvgIpc) is 2.23. The maximum absolute atomic E-state index is 13.3. The second-order valence-electron chi connectivity index (χ2n) is 4.68. The van der Waals surface area contributed by atoms with Crippen LogP contribution in [0.15, 0.2) is 12.1 Å². The maximum Gasteiger partial charge on any atom is 0.257 e. The minimum Gasteiger partial charge on any atom is -0.351 e. The van der Waals surface area contributed by atoms with E-state index in [1.807, 2.05) is 13.8 Å². The Kier molecular flexibility index (Phi) is 5.85. The van der Waals surface area contributed by atoms with Crippen molar-refractivity contribution >= 4 is 21.8 Å². The zero-order chi connectivity index (χ0) is 14.6. The minimum atomic E-state index is -1.20. The van der Waals surface area contributed by atoms with Gasteiger partial charge in [-0.1, -0.05) is 29.8 Å². The Bertz CT molecular complexity index is 442. The summed E-state index contributed by atoms with van der Waals surface area (Å²) in [6.45, 7) is 4.29. The molecule has 1 aromatic rings. The standard InChI is InChI=1S/C13H15BrF3NO/c1-7(2)3-8(14)6-18-13(19)12-10(16)4-9(15)5-11(12)17/h4-5,7-8H,3,6H2,1-2H3,(H,18,19). The molecule has 1 N–H and O–H groups in total. The van der Waals surface area contributed by atoms with Gasteiger partial charge < -0.3 is 5.32 Å². The van der Waals surface area contributed by atoms with E-state index in [0.717, 1.165) is 6.42 Å². The van der Waals surface area contributed by atoms with Gasteiger partial charge in [-0.05, 0) is 12.3 Å². The van der Waals surface area contributed by atoms with E-state index in [-0.39, 0.29) is 11.4 Å². The number of nitrogens with one attached hydrogen (secondary N) is 1. The number of amides is 1. The van der Waals surface area contributed by atoms with E-state index < -0.39 is 28.9 Å². The van der Waals surface area contributed by atoms with Gasteiger partial charge >= 0.3 is 0 Å². The molecule has 1 unspecified atom stereocenters. The summed E-state index contributed by atoms with van der Waals surface area (Å²) in [5.74, 6) is -3.91. The summed E-state index contributed by atoms with van der Waals surface area (Å²) in [4.78, 5) is 11.7. The van der Waals surface area contributed by atoms with E-state index in [1.165, 1.54) is 0 Å². The number of carbonyl (C=O) groups is 1. The molecule has 0 heterocycles. The van der Waals surface area contributed by atoms with Crippen LogP contribution in [-0.2, 0) is 0 Å². The molecule has 1 rings (SSSR count). The van der Waals surface area contributed by atoms with Crippen molar-refractivity contribution in [1.29, 1.82) is 0 Å². The van der Waals surface area contributed by atoms with Gasteiger partial charge in [-0.15, -0.1) is 0 Å². The topological polar surface area (TPSA) is 29.1 Å². The van der Waals surface area contributed by atoms with Crippen molar-refractivity contribution in [3.8, 4) is 0 Å². The molecule has 1 atom stereocenters. The molecule has 1 amide bonds. The monoisotopic (exact) mass is 337 g/mol. The molecule has 0 aliphatic rings. The van der Waals surface area contributed by atoms with E-state index in [9.17, 15) is 18.0 Å². The van der Waals surface area contributed by atoms with E-state index in [1.54, 1.807) is 0 Å². The maximum atomic E-state index is 13.3. The molecule has 106 valence electrons. The fourth-order valence-corrected chi connectivity index (χ4v) is 2.56. The highest BCUT2D eigenvalue weighted by Gasteiger charge is 2.19. The van der Waals surface area contributed by atoms with Crippen molar-refractivity contribution in [3.63, 3.8) is 0 Å². The van der Waals surface area contributed by atoms with Crippen LogP contribution in [-0.4, -0.2) is 17.3 Å². The summed E-state index contributed by atoms with van der Waals surface area (Å²) in [6, 6.07) is 0.968. The summed E-state index contributed by atoms with van der Waals surface area (Å²) in [5.41, 5.74) is -0.759. The first-order valence-electron chi connectivity index (χ1n) is 5.88. The summed E-state index contributed by atoms with van der Waals surface area (Å²) >= 11 is 3.37. The molecule has 1 aromatic carbocycles. The van der Waals surface area contributed by atoms with Crippen LogP contribution in [0.5, 0.6) is 0 Å². The molecular formula is C13H15BrF3NO. The second kappa shape index (κ2) is 6.93. The fraction of sp³-hybridized carbons (Fsp3) is 0.462. The van der Waals surface area contributed by atoms with Gasteiger partial charge in [0, 0.05) is 23.5 Å². The van der Waals surface area contributed by atoms with Crippen LogP contribution in [0.4, 0.5) is 13.2 Å². The quantitative estimate of drug-likeness (QED) is 0.816. The van der Waals surface area contributed by atoms with Crippen LogP contribution >= 0.6 is 15.9 Å². The highest BCUT2D eigenvalue weighted by Crippen LogP contribution is 2.15. The molecule has 2 nitrogen and oxygen atoms in total. The molecule has 0 bridgehead atoms. The van der Waals surface area contributed by atoms with E-state index in [4.69, 9.17) is 0 Å². The summed E-state index contributed by atoms with van der Waals surface area (Å²) in [7, 11) is 0. The molecule has 0 spiro atoms. The lowest BCUT2D eigenvalue weighted by Crippen LogP contribution is -2.31. The van der Waals surface area contributed by atoms with Crippen LogP contribution in [0.25, 0.3) is 0 Å². The smallest absolute Gasteiger partial charge is 0.257 e. The molecule has 0 aliphatic heterocycles. The van der Waals surface area contributed by atoms with Crippen LogP contribution in [0.2, 0.25) is 0 Å². The predicted molar refractivity (Wildman–Crippen MR) is 70.8 cm³/mol. The average molecular weight is 338 g/mol. The third-order valence-electron chi connectivity index (χ3n) is 2.45. The first-order valence-corrected chi connectivity index (χ1v) is 6.79. The molecule has 0 saturated carbocycles. The second-order valence-corrected chi connectivity index (χ2v) is 5.98. The Balaban J connectivity index is 2.69. The van der Waals surface area contributed by atoms with Gasteiger partial charge in [0.05, 0.1) is 0 Å². The van der Waals surface area contributed by atoms with Crippen molar-refractivity contribution < 1.29 is 18.0 Å². The summed E-state index contributed by atoms with van der Waals surface area (Å²) in [6.07, 6.45) is 0.814. The van der Waals surface area contributed by atoms with Crippen molar-refractivity contribution in [2.75, 3.05) is 6.54 Å². The minimum absolute atomic E-state index is 0.0167. The Morgan fingerprint density at radius 1 is 1.26 bits per heavy atom. The zero-order valence-electron chi connectivity index (χ0n) is 10.6. The first kappa shape index (κ1) is 16.0. The number of halogens is 4. The van der Waals surface area contributed by atoms with Crippen LogP contribution in [0, 0.1) is 23.4 Å². The fourth-order valence-electron chi connectivity index (χ4n) is 1.65. The molecule has 0 aromatic heterocycles. The Morgan fingerprint density at radius 3 is 2.26 bits per heavy atom. The largest absolute Gasteiger partial charge is 0.351 e. The molecule has 0 radical (unpaired) electrons. The third-order valence-corrected chi connectivity index (χ3v) is 3.14. The van der Waals surface area contributed by atoms with E-state index in [0.29, 0.717) is 18.1 Å². The number of carbonyl (C=O) groups excluding carboxylic acids is 1. The van der Waals surface area contributed by atoms with E-state index in [2.05, 4.69) is 21.2 Å². The lowest BCUT2D eigenvalue weighted by atomic mass is 10.1. The van der Waals surface area contributed by atoms with Gasteiger partial charge in [0.2, 0.25) is 0 Å². The molecule has 19 heavy (non-hydrogen) atoms. The SMILES string of the molecule is CC(C)CC(Br)CNC(=O)c1c(F)cc(F)cc1F. The third kappa shape index (κ3) is 4.86. The Morgan fingerprint density at radius 2 is 1.79 bits per heavy atom. The lowest BCUT2D eigenvalue weighted by Gasteiger charge is -2.13. The number of alkyl halides is 1. The highest BCUT2D eigenvalue weighted by molar-refractivity contribution is 9.09. The summed E-state index contributed by atoms with van der Waals surface area (Å²) < 4.78 is 39.4. The number of benzene rings is 1. The van der Waals surface area contributed by atoms with Gasteiger partial charge in [0.1, 0.15) is 23.0 Å². The van der Waals surface area contributed by atoms with Gasteiger partial charge in [0.25, 0.3) is 5.91 Å². The van der Waals surface area contributed by atoms with Crippen LogP contribution < -0.4 is 5.32 Å². The molecule has 6 heteroatoms. The Hall–Kier alpha value is -1.04. The Labute approximate surface area is 118 Å². The van der Waals surface area contributed by atoms with Crippen molar-refractivity contribution in [2.45, 2.75) is 25.1 Å². The normalized spacial score (nSPS) is 12.6. The van der Waals surface area contributed by atoms with Crippen LogP contribution in [0.1, 0.15) is 30.6 Å². The molecule has 0 saturated heterocycles. The lowest BCUT2D eigenvalue weighted by molar-refractivity contribution is 0.0944. The van der Waals surface area contributed by atoms with Gasteiger partial charge in [0.15, 0.2) is 0 Å². The van der Waals surface area contributed by atoms with Gasteiger partial charge in [-0.3, -0.25) is 4.79 Å². The molecule has 0 aliphatic carbocycles. The van der Waals surface area contributed by atoms with Crippen molar-refractivity contribution in [3.05, 3.63) is 35.1 Å². The number of rotatable bonds is 5. The number of hydrogen-bond acceptors (Lipinski definition) is 1. The van der Waals surface area contributed by atoms with E-state index >= 15 is 0 Å². The van der Waals surface area contributed by atoms with Gasteiger partial charge in [-0.2, -0.15) is 0 Å². The van der Waals surface area contributed by atoms with Crippen molar-refractivity contribution in [1.82, 2.24) is 5.32 Å². The zero-order valence-corrected chi connectivity index (χ0v) is 12.2.